The van der Waals surface area contributed by atoms with E-state index in [9.17, 15) is 24.6 Å². The number of carbonyl (C=O) groups is 3. The third-order valence-electron chi connectivity index (χ3n) is 6.99. The van der Waals surface area contributed by atoms with Crippen LogP contribution in [0.1, 0.15) is 65.2 Å². The van der Waals surface area contributed by atoms with Crippen LogP contribution in [-0.4, -0.2) is 112 Å². The number of aliphatic hydroxyl groups excluding tert-OH is 4. The molecule has 0 aromatic carbocycles. The van der Waals surface area contributed by atoms with Crippen LogP contribution in [0.4, 0.5) is 0 Å². The lowest BCUT2D eigenvalue weighted by Crippen LogP contribution is -2.24. The van der Waals surface area contributed by atoms with Crippen LogP contribution in [0.5, 0.6) is 0 Å². The van der Waals surface area contributed by atoms with Crippen LogP contribution >= 0.6 is 0 Å². The summed E-state index contributed by atoms with van der Waals surface area (Å²) in [5.41, 5.74) is 5.06. The van der Waals surface area contributed by atoms with Crippen LogP contribution in [0.15, 0.2) is 0 Å². The smallest absolute Gasteiger partial charge is 0.319 e. The van der Waals surface area contributed by atoms with E-state index in [2.05, 4.69) is 0 Å². The summed E-state index contributed by atoms with van der Waals surface area (Å²) in [5.74, 6) is -1.18. The van der Waals surface area contributed by atoms with E-state index in [1.54, 1.807) is 13.8 Å². The molecule has 0 spiro atoms. The number of esters is 2. The van der Waals surface area contributed by atoms with Gasteiger partial charge in [-0.25, -0.2) is 0 Å². The van der Waals surface area contributed by atoms with E-state index in [-0.39, 0.29) is 73.5 Å². The second-order valence-electron chi connectivity index (χ2n) is 10.5. The van der Waals surface area contributed by atoms with Gasteiger partial charge in [0.1, 0.15) is 0 Å². The Labute approximate surface area is 241 Å². The van der Waals surface area contributed by atoms with Crippen molar-refractivity contribution in [1.82, 2.24) is 0 Å². The zero-order valence-corrected chi connectivity index (χ0v) is 23.8. The minimum absolute atomic E-state index is 0.0227. The highest BCUT2D eigenvalue weighted by atomic mass is 16.5. The van der Waals surface area contributed by atoms with Crippen LogP contribution in [0.3, 0.4) is 0 Å². The van der Waals surface area contributed by atoms with Crippen LogP contribution in [-0.2, 0) is 23.9 Å². The molecular weight excluding hydrogens is 519 g/mol. The third-order valence-corrected chi connectivity index (χ3v) is 6.99. The molecule has 224 valence electrons. The van der Waals surface area contributed by atoms with Gasteiger partial charge >= 0.3 is 17.9 Å². The molecule has 0 bridgehead atoms. The van der Waals surface area contributed by atoms with Crippen molar-refractivity contribution in [2.24, 2.45) is 23.5 Å². The van der Waals surface area contributed by atoms with E-state index < -0.39 is 24.1 Å². The standard InChI is InChI=1S/C9H15BO3.C8H14BNO3.C6H11BO2.C3H6O2/c1-2-9(12)13-5-6-3-7(10)4-8(6)11;9-6-1-5(7(11)2-6)4-13-8(12)3-10;7-5-1-4(3-8)6(9)2-5;1-2-3(4)5/h6-8,11H,2-5H2,1H3;5-7,11H,1-4,10H2;4-6,8-9H,1-3H2;2H2,1H3,(H,4,5)/t6-,7-,8?;5-,6-,7?;4-,5-,6?;/m000./s1. The number of aliphatic hydroxyl groups is 4. The summed E-state index contributed by atoms with van der Waals surface area (Å²) in [4.78, 5) is 30.9. The highest BCUT2D eigenvalue weighted by molar-refractivity contribution is 6.12. The molecule has 40 heavy (non-hydrogen) atoms. The molecule has 14 heteroatoms. The Morgan fingerprint density at radius 1 is 0.700 bits per heavy atom. The molecule has 9 atom stereocenters. The number of carbonyl (C=O) groups excluding carboxylic acids is 2. The molecule has 0 aliphatic heterocycles. The van der Waals surface area contributed by atoms with E-state index in [4.69, 9.17) is 54.1 Å². The lowest BCUT2D eigenvalue weighted by Gasteiger charge is -2.13. The second kappa shape index (κ2) is 21.2. The van der Waals surface area contributed by atoms with Crippen molar-refractivity contribution in [3.63, 3.8) is 0 Å². The Hall–Kier alpha value is -1.60. The van der Waals surface area contributed by atoms with Gasteiger partial charge in [-0.3, -0.25) is 14.4 Å². The van der Waals surface area contributed by atoms with Crippen LogP contribution < -0.4 is 5.73 Å². The average Bonchev–Trinajstić information content (AvgIpc) is 3.54. The number of hydrogen-bond acceptors (Lipinski definition) is 10. The van der Waals surface area contributed by atoms with Crippen molar-refractivity contribution in [3.05, 3.63) is 0 Å². The van der Waals surface area contributed by atoms with E-state index in [1.165, 1.54) is 0 Å². The first kappa shape index (κ1) is 38.4. The third kappa shape index (κ3) is 16.6. The van der Waals surface area contributed by atoms with Gasteiger partial charge in [-0.1, -0.05) is 37.7 Å². The minimum atomic E-state index is -0.745. The van der Waals surface area contributed by atoms with Crippen molar-refractivity contribution in [3.8, 4) is 0 Å². The first-order valence-corrected chi connectivity index (χ1v) is 13.9. The predicted molar refractivity (Wildman–Crippen MR) is 151 cm³/mol. The Kier molecular flexibility index (Phi) is 20.3. The SMILES string of the molecule is CCC(=O)O.[B][C@@H]1CC(O)[C@H](CO)C1.[B][C@@H]1CC(O)[C@H](COC(=O)CC)C1.[B][C@@H]1CC(O)[C@H](COC(=O)CN)C1. The van der Waals surface area contributed by atoms with Gasteiger partial charge in [0.25, 0.3) is 0 Å². The topological polar surface area (TPSA) is 197 Å². The van der Waals surface area contributed by atoms with Gasteiger partial charge in [0.05, 0.1) is 61.6 Å². The fourth-order valence-electron chi connectivity index (χ4n) is 4.55. The number of nitrogens with two attached hydrogens (primary N) is 1. The van der Waals surface area contributed by atoms with Crippen molar-refractivity contribution < 1.29 is 49.4 Å². The van der Waals surface area contributed by atoms with Gasteiger partial charge in [0.2, 0.25) is 0 Å². The second-order valence-corrected chi connectivity index (χ2v) is 10.5. The van der Waals surface area contributed by atoms with Crippen molar-refractivity contribution in [2.45, 2.75) is 101 Å². The summed E-state index contributed by atoms with van der Waals surface area (Å²) >= 11 is 0. The summed E-state index contributed by atoms with van der Waals surface area (Å²) in [6.07, 6.45) is 3.46. The molecule has 3 aliphatic carbocycles. The molecule has 0 heterocycles. The van der Waals surface area contributed by atoms with Gasteiger partial charge in [-0.05, 0) is 32.1 Å². The van der Waals surface area contributed by atoms with Gasteiger partial charge in [-0.2, -0.15) is 0 Å². The molecule has 0 aromatic rings. The largest absolute Gasteiger partial charge is 0.481 e. The van der Waals surface area contributed by atoms with Crippen molar-refractivity contribution >= 4 is 41.4 Å². The number of carboxylic acids is 1. The van der Waals surface area contributed by atoms with E-state index in [0.717, 1.165) is 12.8 Å². The number of carboxylic acid groups (broad SMARTS) is 1. The lowest BCUT2D eigenvalue weighted by atomic mass is 9.85. The zero-order chi connectivity index (χ0) is 30.8. The summed E-state index contributed by atoms with van der Waals surface area (Å²) in [5, 5.41) is 44.4. The highest BCUT2D eigenvalue weighted by Gasteiger charge is 2.32. The van der Waals surface area contributed by atoms with E-state index in [0.29, 0.717) is 38.7 Å². The molecule has 0 aromatic heterocycles. The summed E-state index contributed by atoms with van der Waals surface area (Å²) in [7, 11) is 16.8. The van der Waals surface area contributed by atoms with Crippen molar-refractivity contribution in [2.75, 3.05) is 26.4 Å². The summed E-state index contributed by atoms with van der Waals surface area (Å²) < 4.78 is 9.75. The van der Waals surface area contributed by atoms with Gasteiger partial charge in [0, 0.05) is 37.2 Å². The highest BCUT2D eigenvalue weighted by Crippen LogP contribution is 2.34. The maximum Gasteiger partial charge on any atom is 0.319 e. The number of rotatable bonds is 8. The van der Waals surface area contributed by atoms with Crippen molar-refractivity contribution in [1.29, 1.82) is 0 Å². The first-order chi connectivity index (χ1) is 18.8. The average molecular weight is 565 g/mol. The van der Waals surface area contributed by atoms with Crippen LogP contribution in [0, 0.1) is 17.8 Å². The monoisotopic (exact) mass is 565 g/mol. The molecule has 7 N–H and O–H groups in total. The molecular formula is C26H46B3NO10. The van der Waals surface area contributed by atoms with Gasteiger partial charge < -0.3 is 40.7 Å². The summed E-state index contributed by atoms with van der Waals surface area (Å²) in [6, 6.07) is 0. The number of hydrogen-bond donors (Lipinski definition) is 6. The molecule has 3 rings (SSSR count). The van der Waals surface area contributed by atoms with Gasteiger partial charge in [0.15, 0.2) is 0 Å². The predicted octanol–water partition coefficient (Wildman–Crippen LogP) is 0.0713. The van der Waals surface area contributed by atoms with Crippen LogP contribution in [0.25, 0.3) is 0 Å². The van der Waals surface area contributed by atoms with E-state index >= 15 is 0 Å². The number of ether oxygens (including phenoxy) is 2. The van der Waals surface area contributed by atoms with Gasteiger partial charge in [-0.15, -0.1) is 0 Å². The molecule has 3 aliphatic rings. The lowest BCUT2D eigenvalue weighted by molar-refractivity contribution is -0.145. The molecule has 0 saturated heterocycles. The normalized spacial score (nSPS) is 32.3. The zero-order valence-electron chi connectivity index (χ0n) is 23.8. The molecule has 6 radical (unpaired) electrons. The minimum Gasteiger partial charge on any atom is -0.481 e. The molecule has 3 saturated carbocycles. The number of aliphatic carboxylic acids is 1. The maximum atomic E-state index is 10.8. The Morgan fingerprint density at radius 2 is 1.05 bits per heavy atom. The molecule has 3 fully saturated rings. The molecule has 3 unspecified atom stereocenters. The quantitative estimate of drug-likeness (QED) is 0.172. The van der Waals surface area contributed by atoms with Crippen LogP contribution in [0.2, 0.25) is 17.5 Å². The Bertz CT molecular complexity index is 695. The first-order valence-electron chi connectivity index (χ1n) is 13.9. The molecule has 0 amide bonds. The fraction of sp³-hybridized carbons (Fsp3) is 0.885. The Balaban J connectivity index is 0.000000533. The maximum absolute atomic E-state index is 10.8. The molecule has 11 nitrogen and oxygen atoms in total. The Morgan fingerprint density at radius 3 is 1.27 bits per heavy atom. The fourth-order valence-corrected chi connectivity index (χ4v) is 4.55. The van der Waals surface area contributed by atoms with E-state index in [1.807, 2.05) is 0 Å². The summed E-state index contributed by atoms with van der Waals surface area (Å²) in [6.45, 7) is 3.83.